The topological polar surface area (TPSA) is 29.1 Å². The minimum absolute atomic E-state index is 0. The fourth-order valence-corrected chi connectivity index (χ4v) is 1.02. The Kier molecular flexibility index (Phi) is 6.17. The van der Waals surface area contributed by atoms with Gasteiger partial charge in [0.25, 0.3) is 0 Å². The molecular formula is C11H16ClNO. The minimum atomic E-state index is 0. The zero-order chi connectivity index (χ0) is 9.68. The third-order valence-electron chi connectivity index (χ3n) is 1.77. The summed E-state index contributed by atoms with van der Waals surface area (Å²) in [5, 5.41) is 3.09. The van der Waals surface area contributed by atoms with Crippen LogP contribution in [0.1, 0.15) is 24.2 Å². The Labute approximate surface area is 91.1 Å². The summed E-state index contributed by atoms with van der Waals surface area (Å²) in [6, 6.07) is 9.69. The molecule has 0 saturated carbocycles. The zero-order valence-corrected chi connectivity index (χ0v) is 9.30. The molecule has 0 amide bonds. The van der Waals surface area contributed by atoms with Gasteiger partial charge in [-0.1, -0.05) is 44.2 Å². The summed E-state index contributed by atoms with van der Waals surface area (Å²) in [6.07, 6.45) is 0. The zero-order valence-electron chi connectivity index (χ0n) is 8.49. The first-order valence-corrected chi connectivity index (χ1v) is 4.52. The standard InChI is InChI=1S/C11H15NO.ClH/c1-9(2)12-8-11(13)10-6-4-3-5-7-10;/h3-7,9,12H,8H2,1-2H3;1H. The average molecular weight is 214 g/mol. The van der Waals surface area contributed by atoms with E-state index in [1.807, 2.05) is 44.2 Å². The fourth-order valence-electron chi connectivity index (χ4n) is 1.02. The number of hydrogen-bond acceptors (Lipinski definition) is 2. The molecule has 1 aromatic carbocycles. The van der Waals surface area contributed by atoms with Gasteiger partial charge in [-0.2, -0.15) is 0 Å². The molecule has 0 aromatic heterocycles. The quantitative estimate of drug-likeness (QED) is 0.778. The Balaban J connectivity index is 0.00000169. The summed E-state index contributed by atoms with van der Waals surface area (Å²) in [6.45, 7) is 4.47. The van der Waals surface area contributed by atoms with E-state index in [4.69, 9.17) is 0 Å². The molecule has 0 aliphatic carbocycles. The lowest BCUT2D eigenvalue weighted by atomic mass is 10.1. The van der Waals surface area contributed by atoms with Crippen molar-refractivity contribution in [2.45, 2.75) is 19.9 Å². The van der Waals surface area contributed by atoms with E-state index in [1.165, 1.54) is 0 Å². The van der Waals surface area contributed by atoms with Gasteiger partial charge in [0.1, 0.15) is 0 Å². The SMILES string of the molecule is CC(C)NCC(=O)c1ccccc1.Cl. The smallest absolute Gasteiger partial charge is 0.176 e. The van der Waals surface area contributed by atoms with Crippen LogP contribution in [0.2, 0.25) is 0 Å². The largest absolute Gasteiger partial charge is 0.307 e. The number of rotatable bonds is 4. The van der Waals surface area contributed by atoms with Gasteiger partial charge >= 0.3 is 0 Å². The number of benzene rings is 1. The number of hydrogen-bond donors (Lipinski definition) is 1. The van der Waals surface area contributed by atoms with Crippen LogP contribution in [0.25, 0.3) is 0 Å². The molecule has 0 radical (unpaired) electrons. The van der Waals surface area contributed by atoms with Crippen molar-refractivity contribution in [1.82, 2.24) is 5.32 Å². The van der Waals surface area contributed by atoms with Crippen molar-refractivity contribution in [3.8, 4) is 0 Å². The molecule has 0 bridgehead atoms. The third-order valence-corrected chi connectivity index (χ3v) is 1.77. The number of carbonyl (C=O) groups excluding carboxylic acids is 1. The maximum absolute atomic E-state index is 11.5. The second kappa shape index (κ2) is 6.57. The molecule has 0 saturated heterocycles. The van der Waals surface area contributed by atoms with Crippen LogP contribution in [0.3, 0.4) is 0 Å². The molecule has 0 fully saturated rings. The van der Waals surface area contributed by atoms with Crippen molar-refractivity contribution in [1.29, 1.82) is 0 Å². The minimum Gasteiger partial charge on any atom is -0.307 e. The van der Waals surface area contributed by atoms with Gasteiger partial charge in [-0.3, -0.25) is 4.79 Å². The molecule has 3 heteroatoms. The Bertz CT molecular complexity index is 272. The Morgan fingerprint density at radius 3 is 2.36 bits per heavy atom. The Morgan fingerprint density at radius 2 is 1.86 bits per heavy atom. The van der Waals surface area contributed by atoms with Crippen molar-refractivity contribution in [3.05, 3.63) is 35.9 Å². The van der Waals surface area contributed by atoms with Crippen molar-refractivity contribution in [2.24, 2.45) is 0 Å². The van der Waals surface area contributed by atoms with E-state index in [9.17, 15) is 4.79 Å². The molecule has 0 unspecified atom stereocenters. The van der Waals surface area contributed by atoms with Crippen molar-refractivity contribution in [3.63, 3.8) is 0 Å². The summed E-state index contributed by atoms with van der Waals surface area (Å²) in [4.78, 5) is 11.5. The van der Waals surface area contributed by atoms with Crippen molar-refractivity contribution >= 4 is 18.2 Å². The highest BCUT2D eigenvalue weighted by molar-refractivity contribution is 5.97. The Morgan fingerprint density at radius 1 is 1.29 bits per heavy atom. The molecule has 0 aliphatic heterocycles. The molecule has 0 atom stereocenters. The van der Waals surface area contributed by atoms with E-state index < -0.39 is 0 Å². The molecule has 0 aliphatic rings. The van der Waals surface area contributed by atoms with E-state index in [1.54, 1.807) is 0 Å². The number of nitrogens with one attached hydrogen (secondary N) is 1. The Hall–Kier alpha value is -0.860. The van der Waals surface area contributed by atoms with Crippen molar-refractivity contribution in [2.75, 3.05) is 6.54 Å². The lowest BCUT2D eigenvalue weighted by molar-refractivity contribution is 0.0988. The summed E-state index contributed by atoms with van der Waals surface area (Å²) < 4.78 is 0. The summed E-state index contributed by atoms with van der Waals surface area (Å²) in [5.41, 5.74) is 0.774. The monoisotopic (exact) mass is 213 g/mol. The summed E-state index contributed by atoms with van der Waals surface area (Å²) >= 11 is 0. The highest BCUT2D eigenvalue weighted by Gasteiger charge is 2.04. The molecule has 1 aromatic rings. The van der Waals surface area contributed by atoms with E-state index in [0.717, 1.165) is 5.56 Å². The van der Waals surface area contributed by atoms with Crippen LogP contribution in [0.4, 0.5) is 0 Å². The molecule has 14 heavy (non-hydrogen) atoms. The number of Topliss-reactive ketones (excluding diaryl/α,β-unsaturated/α-hetero) is 1. The van der Waals surface area contributed by atoms with Gasteiger partial charge in [0.05, 0.1) is 6.54 Å². The third kappa shape index (κ3) is 4.40. The van der Waals surface area contributed by atoms with Gasteiger partial charge in [-0.25, -0.2) is 0 Å². The maximum Gasteiger partial charge on any atom is 0.176 e. The van der Waals surface area contributed by atoms with Crippen LogP contribution in [0.5, 0.6) is 0 Å². The van der Waals surface area contributed by atoms with E-state index in [-0.39, 0.29) is 18.2 Å². The molecular weight excluding hydrogens is 198 g/mol. The average Bonchev–Trinajstić information content (AvgIpc) is 2.15. The molecule has 2 nitrogen and oxygen atoms in total. The number of halogens is 1. The van der Waals surface area contributed by atoms with Crippen LogP contribution >= 0.6 is 12.4 Å². The maximum atomic E-state index is 11.5. The van der Waals surface area contributed by atoms with Crippen LogP contribution in [-0.4, -0.2) is 18.4 Å². The van der Waals surface area contributed by atoms with Gasteiger partial charge in [0.2, 0.25) is 0 Å². The molecule has 1 N–H and O–H groups in total. The predicted octanol–water partition coefficient (Wildman–Crippen LogP) is 2.29. The normalized spacial score (nSPS) is 9.64. The molecule has 0 heterocycles. The van der Waals surface area contributed by atoms with Crippen LogP contribution in [-0.2, 0) is 0 Å². The van der Waals surface area contributed by atoms with Gasteiger partial charge in [0.15, 0.2) is 5.78 Å². The molecule has 0 spiro atoms. The second-order valence-corrected chi connectivity index (χ2v) is 3.32. The highest BCUT2D eigenvalue weighted by atomic mass is 35.5. The number of carbonyl (C=O) groups is 1. The van der Waals surface area contributed by atoms with Crippen LogP contribution < -0.4 is 5.32 Å². The number of ketones is 1. The summed E-state index contributed by atoms with van der Waals surface area (Å²) in [5.74, 6) is 0.148. The van der Waals surface area contributed by atoms with E-state index in [2.05, 4.69) is 5.32 Å². The van der Waals surface area contributed by atoms with Crippen LogP contribution in [0.15, 0.2) is 30.3 Å². The van der Waals surface area contributed by atoms with Gasteiger partial charge in [-0.05, 0) is 0 Å². The molecule has 78 valence electrons. The van der Waals surface area contributed by atoms with E-state index >= 15 is 0 Å². The second-order valence-electron chi connectivity index (χ2n) is 3.32. The lowest BCUT2D eigenvalue weighted by Crippen LogP contribution is -2.29. The first kappa shape index (κ1) is 13.1. The van der Waals surface area contributed by atoms with Crippen molar-refractivity contribution < 1.29 is 4.79 Å². The van der Waals surface area contributed by atoms with Gasteiger partial charge < -0.3 is 5.32 Å². The van der Waals surface area contributed by atoms with Crippen LogP contribution in [0, 0.1) is 0 Å². The first-order valence-electron chi connectivity index (χ1n) is 4.52. The molecule has 1 rings (SSSR count). The lowest BCUT2D eigenvalue weighted by Gasteiger charge is -2.06. The van der Waals surface area contributed by atoms with Gasteiger partial charge in [-0.15, -0.1) is 12.4 Å². The first-order chi connectivity index (χ1) is 6.20. The van der Waals surface area contributed by atoms with E-state index in [0.29, 0.717) is 12.6 Å². The fraction of sp³-hybridized carbons (Fsp3) is 0.364. The van der Waals surface area contributed by atoms with Gasteiger partial charge in [0, 0.05) is 11.6 Å². The summed E-state index contributed by atoms with van der Waals surface area (Å²) in [7, 11) is 0. The predicted molar refractivity (Wildman–Crippen MR) is 61.2 cm³/mol. The highest BCUT2D eigenvalue weighted by Crippen LogP contribution is 1.98.